The third-order valence-electron chi connectivity index (χ3n) is 6.60. The van der Waals surface area contributed by atoms with E-state index in [2.05, 4.69) is 22.8 Å². The summed E-state index contributed by atoms with van der Waals surface area (Å²) in [6, 6.07) is 11.8. The number of imide groups is 1. The highest BCUT2D eigenvalue weighted by molar-refractivity contribution is 6.45. The smallest absolute Gasteiger partial charge is 0.282 e. The number of benzene rings is 2. The molecule has 0 N–H and O–H groups in total. The fourth-order valence-electron chi connectivity index (χ4n) is 4.54. The molecule has 0 unspecified atom stereocenters. The molecule has 2 aromatic rings. The Morgan fingerprint density at radius 3 is 2.10 bits per heavy atom. The molecule has 0 aliphatic carbocycles. The van der Waals surface area contributed by atoms with Crippen LogP contribution in [0.15, 0.2) is 42.1 Å². The van der Waals surface area contributed by atoms with Gasteiger partial charge in [0.05, 0.1) is 11.3 Å². The number of aryl methyl sites for hydroxylation is 4. The van der Waals surface area contributed by atoms with E-state index >= 15 is 0 Å². The summed E-state index contributed by atoms with van der Waals surface area (Å²) >= 11 is 0. The third-order valence-corrected chi connectivity index (χ3v) is 6.60. The molecule has 2 amide bonds. The highest BCUT2D eigenvalue weighted by atomic mass is 16.2. The lowest BCUT2D eigenvalue weighted by molar-refractivity contribution is -0.120. The highest BCUT2D eigenvalue weighted by Gasteiger charge is 2.43. The molecule has 0 atom stereocenters. The Morgan fingerprint density at radius 1 is 0.774 bits per heavy atom. The number of hydrogen-bond donors (Lipinski definition) is 0. The van der Waals surface area contributed by atoms with Crippen LogP contribution in [0.2, 0.25) is 0 Å². The number of rotatable bonds is 4. The van der Waals surface area contributed by atoms with Gasteiger partial charge in [0.25, 0.3) is 11.8 Å². The first-order valence-corrected chi connectivity index (χ1v) is 11.1. The minimum Gasteiger partial charge on any atom is -0.364 e. The van der Waals surface area contributed by atoms with E-state index in [0.717, 1.165) is 60.5 Å². The lowest BCUT2D eigenvalue weighted by Crippen LogP contribution is -2.47. The van der Waals surface area contributed by atoms with Crippen molar-refractivity contribution in [3.05, 3.63) is 69.9 Å². The average molecular weight is 418 g/mol. The van der Waals surface area contributed by atoms with E-state index in [-0.39, 0.29) is 11.8 Å². The fraction of sp³-hybridized carbons (Fsp3) is 0.385. The molecular weight excluding hydrogens is 386 g/mol. The summed E-state index contributed by atoms with van der Waals surface area (Å²) in [5.41, 5.74) is 6.94. The second kappa shape index (κ2) is 8.31. The molecule has 1 saturated heterocycles. The van der Waals surface area contributed by atoms with Crippen LogP contribution in [0.3, 0.4) is 0 Å². The highest BCUT2D eigenvalue weighted by Crippen LogP contribution is 2.37. The Balaban J connectivity index is 1.82. The van der Waals surface area contributed by atoms with E-state index in [1.165, 1.54) is 4.90 Å². The Bertz CT molecular complexity index is 1080. The third kappa shape index (κ3) is 3.79. The van der Waals surface area contributed by atoms with E-state index in [0.29, 0.717) is 17.0 Å². The van der Waals surface area contributed by atoms with Crippen LogP contribution in [0, 0.1) is 27.7 Å². The molecule has 2 aliphatic rings. The molecule has 5 heteroatoms. The maximum absolute atomic E-state index is 13.7. The van der Waals surface area contributed by atoms with Crippen LogP contribution >= 0.6 is 0 Å². The summed E-state index contributed by atoms with van der Waals surface area (Å²) in [6.45, 7) is 14.5. The van der Waals surface area contributed by atoms with Gasteiger partial charge in [-0.3, -0.25) is 9.59 Å². The van der Waals surface area contributed by atoms with Crippen LogP contribution < -0.4 is 4.90 Å². The second-order valence-corrected chi connectivity index (χ2v) is 8.68. The summed E-state index contributed by atoms with van der Waals surface area (Å²) < 4.78 is 0. The van der Waals surface area contributed by atoms with E-state index in [1.807, 2.05) is 58.0 Å². The predicted octanol–water partition coefficient (Wildman–Crippen LogP) is 3.84. The number of carbonyl (C=O) groups excluding carboxylic acids is 2. The number of nitrogens with zero attached hydrogens (tertiary/aromatic N) is 3. The van der Waals surface area contributed by atoms with Gasteiger partial charge in [0.2, 0.25) is 0 Å². The monoisotopic (exact) mass is 417 g/mol. The molecule has 2 heterocycles. The topological polar surface area (TPSA) is 43.9 Å². The van der Waals surface area contributed by atoms with E-state index < -0.39 is 0 Å². The van der Waals surface area contributed by atoms with Crippen LogP contribution in [-0.4, -0.2) is 54.3 Å². The van der Waals surface area contributed by atoms with Crippen LogP contribution in [-0.2, 0) is 9.59 Å². The SMILES string of the molecule is CCN1CCN(C2=C(c3ccc(C)cc3C)C(=O)N(c3ccc(C)c(C)c3)C2=O)CC1. The van der Waals surface area contributed by atoms with Gasteiger partial charge in [0.1, 0.15) is 5.70 Å². The quantitative estimate of drug-likeness (QED) is 0.709. The zero-order valence-electron chi connectivity index (χ0n) is 19.2. The average Bonchev–Trinajstić information content (AvgIpc) is 3.00. The Morgan fingerprint density at radius 2 is 1.48 bits per heavy atom. The van der Waals surface area contributed by atoms with Crippen molar-refractivity contribution in [2.45, 2.75) is 34.6 Å². The Labute approximate surface area is 184 Å². The molecule has 0 spiro atoms. The maximum atomic E-state index is 13.7. The summed E-state index contributed by atoms with van der Waals surface area (Å²) in [6.07, 6.45) is 0. The molecule has 31 heavy (non-hydrogen) atoms. The van der Waals surface area contributed by atoms with Crippen molar-refractivity contribution in [2.24, 2.45) is 0 Å². The lowest BCUT2D eigenvalue weighted by Gasteiger charge is -2.36. The first-order chi connectivity index (χ1) is 14.8. The number of carbonyl (C=O) groups is 2. The molecule has 0 saturated carbocycles. The van der Waals surface area contributed by atoms with Crippen molar-refractivity contribution in [1.29, 1.82) is 0 Å². The van der Waals surface area contributed by atoms with Gasteiger partial charge < -0.3 is 9.80 Å². The normalized spacial score (nSPS) is 17.8. The van der Waals surface area contributed by atoms with Gasteiger partial charge in [0, 0.05) is 26.2 Å². The van der Waals surface area contributed by atoms with Crippen molar-refractivity contribution in [2.75, 3.05) is 37.6 Å². The standard InChI is InChI=1S/C26H31N3O2/c1-6-27-11-13-28(14-12-27)24-23(22-10-7-17(2)15-20(22)5)25(30)29(26(24)31)21-9-8-18(3)19(4)16-21/h7-10,15-16H,6,11-14H2,1-5H3. The number of likely N-dealkylation sites (N-methyl/N-ethyl adjacent to an activating group) is 1. The van der Waals surface area contributed by atoms with Crippen LogP contribution in [0.1, 0.15) is 34.7 Å². The largest absolute Gasteiger partial charge is 0.364 e. The molecule has 2 aromatic carbocycles. The van der Waals surface area contributed by atoms with E-state index in [4.69, 9.17) is 0 Å². The predicted molar refractivity (Wildman–Crippen MR) is 125 cm³/mol. The number of amides is 2. The van der Waals surface area contributed by atoms with E-state index in [1.54, 1.807) is 0 Å². The fourth-order valence-corrected chi connectivity index (χ4v) is 4.54. The van der Waals surface area contributed by atoms with Gasteiger partial charge in [-0.05, 0) is 68.6 Å². The van der Waals surface area contributed by atoms with Crippen molar-refractivity contribution < 1.29 is 9.59 Å². The molecule has 4 rings (SSSR count). The van der Waals surface area contributed by atoms with Crippen molar-refractivity contribution in [1.82, 2.24) is 9.80 Å². The van der Waals surface area contributed by atoms with E-state index in [9.17, 15) is 9.59 Å². The Hall–Kier alpha value is -2.92. The second-order valence-electron chi connectivity index (χ2n) is 8.68. The van der Waals surface area contributed by atoms with Crippen molar-refractivity contribution in [3.8, 4) is 0 Å². The zero-order chi connectivity index (χ0) is 22.3. The molecule has 1 fully saturated rings. The van der Waals surface area contributed by atoms with Gasteiger partial charge in [0.15, 0.2) is 0 Å². The van der Waals surface area contributed by atoms with Gasteiger partial charge in [-0.25, -0.2) is 4.90 Å². The first-order valence-electron chi connectivity index (χ1n) is 11.1. The van der Waals surface area contributed by atoms with Crippen LogP contribution in [0.5, 0.6) is 0 Å². The Kier molecular flexibility index (Phi) is 5.71. The molecule has 0 bridgehead atoms. The maximum Gasteiger partial charge on any atom is 0.282 e. The zero-order valence-corrected chi connectivity index (χ0v) is 19.2. The minimum atomic E-state index is -0.229. The van der Waals surface area contributed by atoms with Gasteiger partial charge in [-0.1, -0.05) is 36.8 Å². The molecule has 0 aromatic heterocycles. The molecule has 2 aliphatic heterocycles. The lowest BCUT2D eigenvalue weighted by atomic mass is 9.97. The summed E-state index contributed by atoms with van der Waals surface area (Å²) in [5, 5.41) is 0. The van der Waals surface area contributed by atoms with Crippen LogP contribution in [0.25, 0.3) is 5.57 Å². The molecular formula is C26H31N3O2. The van der Waals surface area contributed by atoms with Gasteiger partial charge in [-0.15, -0.1) is 0 Å². The van der Waals surface area contributed by atoms with Crippen LogP contribution in [0.4, 0.5) is 5.69 Å². The molecule has 0 radical (unpaired) electrons. The first kappa shape index (κ1) is 21.3. The van der Waals surface area contributed by atoms with Crippen molar-refractivity contribution in [3.63, 3.8) is 0 Å². The van der Waals surface area contributed by atoms with Gasteiger partial charge in [-0.2, -0.15) is 0 Å². The van der Waals surface area contributed by atoms with Crippen molar-refractivity contribution >= 4 is 23.1 Å². The molecule has 162 valence electrons. The molecule has 5 nitrogen and oxygen atoms in total. The summed E-state index contributed by atoms with van der Waals surface area (Å²) in [7, 11) is 0. The minimum absolute atomic E-state index is 0.215. The van der Waals surface area contributed by atoms with Gasteiger partial charge >= 0.3 is 0 Å². The summed E-state index contributed by atoms with van der Waals surface area (Å²) in [4.78, 5) is 33.3. The number of hydrogen-bond acceptors (Lipinski definition) is 4. The summed E-state index contributed by atoms with van der Waals surface area (Å²) in [5.74, 6) is -0.443. The number of piperazine rings is 1. The number of anilines is 1.